The lowest BCUT2D eigenvalue weighted by molar-refractivity contribution is -0.134. The van der Waals surface area contributed by atoms with Crippen LogP contribution >= 0.6 is 22.9 Å². The Kier molecular flexibility index (Phi) is 7.41. The minimum atomic E-state index is -0.336. The number of carbonyl (C=O) groups is 2. The average Bonchev–Trinajstić information content (AvgIpc) is 3.34. The zero-order valence-corrected chi connectivity index (χ0v) is 19.6. The number of nitrogens with zero attached hydrogens (tertiary/aromatic N) is 3. The summed E-state index contributed by atoms with van der Waals surface area (Å²) < 4.78 is 10.8. The fourth-order valence-corrected chi connectivity index (χ4v) is 4.61. The van der Waals surface area contributed by atoms with Crippen LogP contribution in [0.15, 0.2) is 48.5 Å². The van der Waals surface area contributed by atoms with Gasteiger partial charge in [0.25, 0.3) is 11.8 Å². The summed E-state index contributed by atoms with van der Waals surface area (Å²) in [6.45, 7) is 1.15. The second-order valence-electron chi connectivity index (χ2n) is 7.55. The molecule has 2 aromatic carbocycles. The number of likely N-dealkylation sites (tertiary alicyclic amines) is 1. The Balaban J connectivity index is 1.32. The molecule has 0 radical (unpaired) electrons. The number of rotatable bonds is 7. The standard InChI is InChI=1S/C23H23ClN4O4S/c1-31-18-7-9-19(10-8-18)32-14-20(29)28-11-3-4-15(13-28)22-26-27-23(33-22)21(30)25-17-6-2-5-16(24)12-17/h2,5-10,12,15H,3-4,11,13-14H2,1H3,(H,25,30)/t15-/m1/s1. The van der Waals surface area contributed by atoms with Gasteiger partial charge in [0.15, 0.2) is 6.61 Å². The van der Waals surface area contributed by atoms with E-state index in [1.165, 1.54) is 11.3 Å². The highest BCUT2D eigenvalue weighted by Crippen LogP contribution is 2.29. The highest BCUT2D eigenvalue weighted by Gasteiger charge is 2.28. The quantitative estimate of drug-likeness (QED) is 0.537. The number of hydrogen-bond acceptors (Lipinski definition) is 7. The molecule has 172 valence electrons. The molecule has 1 saturated heterocycles. The summed E-state index contributed by atoms with van der Waals surface area (Å²) in [7, 11) is 1.60. The van der Waals surface area contributed by atoms with E-state index >= 15 is 0 Å². The molecule has 1 aliphatic heterocycles. The van der Waals surface area contributed by atoms with Gasteiger partial charge in [0.2, 0.25) is 5.01 Å². The molecule has 0 spiro atoms. The fourth-order valence-electron chi connectivity index (χ4n) is 3.56. The van der Waals surface area contributed by atoms with E-state index in [1.807, 2.05) is 0 Å². The van der Waals surface area contributed by atoms with E-state index in [9.17, 15) is 9.59 Å². The highest BCUT2D eigenvalue weighted by atomic mass is 35.5. The molecule has 1 aliphatic rings. The van der Waals surface area contributed by atoms with E-state index in [0.29, 0.717) is 29.5 Å². The fraction of sp³-hybridized carbons (Fsp3) is 0.304. The number of nitrogens with one attached hydrogen (secondary N) is 1. The number of piperidine rings is 1. The Hall–Kier alpha value is -3.17. The van der Waals surface area contributed by atoms with Crippen LogP contribution in [0.3, 0.4) is 0 Å². The van der Waals surface area contributed by atoms with Crippen molar-refractivity contribution in [1.29, 1.82) is 0 Å². The lowest BCUT2D eigenvalue weighted by atomic mass is 9.99. The lowest BCUT2D eigenvalue weighted by Gasteiger charge is -2.31. The van der Waals surface area contributed by atoms with Crippen molar-refractivity contribution in [2.75, 3.05) is 32.1 Å². The second kappa shape index (κ2) is 10.6. The number of hydrogen-bond donors (Lipinski definition) is 1. The van der Waals surface area contributed by atoms with E-state index in [-0.39, 0.29) is 29.3 Å². The molecular formula is C23H23ClN4O4S. The van der Waals surface area contributed by atoms with Gasteiger partial charge in [-0.3, -0.25) is 9.59 Å². The molecule has 33 heavy (non-hydrogen) atoms. The Morgan fingerprint density at radius 1 is 1.18 bits per heavy atom. The van der Waals surface area contributed by atoms with Gasteiger partial charge in [-0.1, -0.05) is 29.0 Å². The first-order chi connectivity index (χ1) is 16.0. The van der Waals surface area contributed by atoms with Gasteiger partial charge in [0.05, 0.1) is 7.11 Å². The van der Waals surface area contributed by atoms with Crippen molar-refractivity contribution in [1.82, 2.24) is 15.1 Å². The molecule has 4 rings (SSSR count). The molecule has 2 heterocycles. The molecule has 1 aromatic heterocycles. The van der Waals surface area contributed by atoms with Gasteiger partial charge >= 0.3 is 0 Å². The van der Waals surface area contributed by atoms with Crippen molar-refractivity contribution < 1.29 is 19.1 Å². The number of benzene rings is 2. The van der Waals surface area contributed by atoms with Crippen molar-refractivity contribution in [3.05, 3.63) is 63.6 Å². The van der Waals surface area contributed by atoms with Crippen molar-refractivity contribution in [2.24, 2.45) is 0 Å². The smallest absolute Gasteiger partial charge is 0.286 e. The molecule has 8 nitrogen and oxygen atoms in total. The first-order valence-electron chi connectivity index (χ1n) is 10.5. The van der Waals surface area contributed by atoms with Crippen LogP contribution in [-0.2, 0) is 4.79 Å². The van der Waals surface area contributed by atoms with Crippen molar-refractivity contribution in [3.8, 4) is 11.5 Å². The van der Waals surface area contributed by atoms with E-state index in [4.69, 9.17) is 21.1 Å². The number of anilines is 1. The molecule has 10 heteroatoms. The summed E-state index contributed by atoms with van der Waals surface area (Å²) in [5.74, 6) is 0.952. The molecule has 0 bridgehead atoms. The van der Waals surface area contributed by atoms with Crippen LogP contribution in [0.5, 0.6) is 11.5 Å². The molecule has 0 saturated carbocycles. The molecule has 1 N–H and O–H groups in total. The first-order valence-corrected chi connectivity index (χ1v) is 11.7. The van der Waals surface area contributed by atoms with Crippen LogP contribution < -0.4 is 14.8 Å². The maximum atomic E-state index is 12.7. The van der Waals surface area contributed by atoms with E-state index in [1.54, 1.807) is 60.5 Å². The van der Waals surface area contributed by atoms with E-state index in [2.05, 4.69) is 15.5 Å². The monoisotopic (exact) mass is 486 g/mol. The van der Waals surface area contributed by atoms with Gasteiger partial charge in [-0.2, -0.15) is 0 Å². The normalized spacial score (nSPS) is 15.7. The van der Waals surface area contributed by atoms with Crippen LogP contribution in [0.2, 0.25) is 5.02 Å². The Bertz CT molecular complexity index is 1120. The predicted molar refractivity (Wildman–Crippen MR) is 126 cm³/mol. The molecular weight excluding hydrogens is 464 g/mol. The molecule has 1 atom stereocenters. The van der Waals surface area contributed by atoms with Crippen molar-refractivity contribution in [3.63, 3.8) is 0 Å². The van der Waals surface area contributed by atoms with Crippen LogP contribution in [0.1, 0.15) is 33.6 Å². The third-order valence-corrected chi connectivity index (χ3v) is 6.58. The van der Waals surface area contributed by atoms with Gasteiger partial charge in [-0.15, -0.1) is 10.2 Å². The highest BCUT2D eigenvalue weighted by molar-refractivity contribution is 7.13. The maximum Gasteiger partial charge on any atom is 0.286 e. The summed E-state index contributed by atoms with van der Waals surface area (Å²) >= 11 is 7.22. The number of carbonyl (C=O) groups excluding carboxylic acids is 2. The van der Waals surface area contributed by atoms with Crippen LogP contribution in [0.25, 0.3) is 0 Å². The number of ether oxygens (including phenoxy) is 2. The summed E-state index contributed by atoms with van der Waals surface area (Å²) in [6, 6.07) is 14.0. The number of amides is 2. The molecule has 1 fully saturated rings. The predicted octanol–water partition coefficient (Wildman–Crippen LogP) is 4.24. The third kappa shape index (κ3) is 6.00. The van der Waals surface area contributed by atoms with Crippen molar-refractivity contribution >= 4 is 40.4 Å². The number of halogens is 1. The first kappa shape index (κ1) is 23.0. The zero-order valence-electron chi connectivity index (χ0n) is 18.0. The Morgan fingerprint density at radius 2 is 1.97 bits per heavy atom. The largest absolute Gasteiger partial charge is 0.497 e. The lowest BCUT2D eigenvalue weighted by Crippen LogP contribution is -2.41. The summed E-state index contributed by atoms with van der Waals surface area (Å²) in [4.78, 5) is 27.0. The summed E-state index contributed by atoms with van der Waals surface area (Å²) in [5, 5.41) is 12.6. The van der Waals surface area contributed by atoms with Gasteiger partial charge < -0.3 is 19.7 Å². The number of aromatic nitrogens is 2. The van der Waals surface area contributed by atoms with Gasteiger partial charge in [-0.25, -0.2) is 0 Å². The maximum absolute atomic E-state index is 12.7. The van der Waals surface area contributed by atoms with Crippen LogP contribution in [-0.4, -0.2) is 53.7 Å². The van der Waals surface area contributed by atoms with Gasteiger partial charge in [0.1, 0.15) is 16.5 Å². The molecule has 2 amide bonds. The molecule has 0 unspecified atom stereocenters. The van der Waals surface area contributed by atoms with Crippen LogP contribution in [0.4, 0.5) is 5.69 Å². The minimum Gasteiger partial charge on any atom is -0.497 e. The SMILES string of the molecule is COc1ccc(OCC(=O)N2CCC[C@@H](c3nnc(C(=O)Nc4cccc(Cl)c4)s3)C2)cc1. The topological polar surface area (TPSA) is 93.7 Å². The second-order valence-corrected chi connectivity index (χ2v) is 9.00. The third-order valence-electron chi connectivity index (χ3n) is 5.26. The molecule has 3 aromatic rings. The molecule has 0 aliphatic carbocycles. The van der Waals surface area contributed by atoms with Crippen molar-refractivity contribution in [2.45, 2.75) is 18.8 Å². The summed E-state index contributed by atoms with van der Waals surface area (Å²) in [6.07, 6.45) is 1.73. The van der Waals surface area contributed by atoms with Gasteiger partial charge in [-0.05, 0) is 55.3 Å². The zero-order chi connectivity index (χ0) is 23.2. The Morgan fingerprint density at radius 3 is 2.73 bits per heavy atom. The van der Waals surface area contributed by atoms with Crippen LogP contribution in [0, 0.1) is 0 Å². The van der Waals surface area contributed by atoms with E-state index < -0.39 is 0 Å². The number of methoxy groups -OCH3 is 1. The van der Waals surface area contributed by atoms with Gasteiger partial charge in [0, 0.05) is 29.7 Å². The Labute approximate surface area is 200 Å². The minimum absolute atomic E-state index is 0.0360. The summed E-state index contributed by atoms with van der Waals surface area (Å²) in [5.41, 5.74) is 0.593. The van der Waals surface area contributed by atoms with E-state index in [0.717, 1.165) is 23.6 Å². The average molecular weight is 487 g/mol.